The van der Waals surface area contributed by atoms with Gasteiger partial charge in [-0.2, -0.15) is 10.1 Å². The third-order valence-electron chi connectivity index (χ3n) is 6.56. The second kappa shape index (κ2) is 8.16. The molecule has 4 bridgehead atoms. The van der Waals surface area contributed by atoms with Crippen molar-refractivity contribution < 1.29 is 4.79 Å². The van der Waals surface area contributed by atoms with Gasteiger partial charge in [-0.15, -0.1) is 0 Å². The zero-order valence-corrected chi connectivity index (χ0v) is 21.2. The van der Waals surface area contributed by atoms with Gasteiger partial charge in [-0.05, 0) is 54.8 Å². The summed E-state index contributed by atoms with van der Waals surface area (Å²) in [7, 11) is 1.93. The number of rotatable bonds is 0. The zero-order chi connectivity index (χ0) is 24.3. The number of amides is 1. The van der Waals surface area contributed by atoms with Crippen molar-refractivity contribution in [1.29, 1.82) is 0 Å². The van der Waals surface area contributed by atoms with Crippen LogP contribution in [0.2, 0.25) is 0 Å². The van der Waals surface area contributed by atoms with Gasteiger partial charge in [-0.3, -0.25) is 14.5 Å². The number of benzene rings is 2. The van der Waals surface area contributed by atoms with Crippen LogP contribution in [0.5, 0.6) is 0 Å². The van der Waals surface area contributed by atoms with Gasteiger partial charge in [0.25, 0.3) is 5.91 Å². The van der Waals surface area contributed by atoms with Crippen LogP contribution in [0, 0.1) is 6.92 Å². The summed E-state index contributed by atoms with van der Waals surface area (Å²) in [4.78, 5) is 24.8. The highest BCUT2D eigenvalue weighted by Crippen LogP contribution is 2.38. The van der Waals surface area contributed by atoms with Gasteiger partial charge < -0.3 is 10.2 Å². The Balaban J connectivity index is 1.59. The largest absolute Gasteiger partial charge is 0.324 e. The van der Waals surface area contributed by atoms with Crippen LogP contribution in [0.4, 0.5) is 11.4 Å². The van der Waals surface area contributed by atoms with Crippen molar-refractivity contribution in [1.82, 2.24) is 14.8 Å². The van der Waals surface area contributed by atoms with Crippen molar-refractivity contribution in [3.63, 3.8) is 0 Å². The first kappa shape index (κ1) is 21.7. The van der Waals surface area contributed by atoms with E-state index in [0.29, 0.717) is 23.8 Å². The normalized spacial score (nSPS) is 18.1. The van der Waals surface area contributed by atoms with Gasteiger partial charge in [0, 0.05) is 40.4 Å². The Labute approximate surface area is 211 Å². The molecule has 0 aliphatic carbocycles. The van der Waals surface area contributed by atoms with Crippen LogP contribution >= 0.6 is 15.9 Å². The van der Waals surface area contributed by atoms with Crippen molar-refractivity contribution in [2.24, 2.45) is 12.0 Å². The molecule has 4 heterocycles. The molecule has 2 aliphatic heterocycles. The quantitative estimate of drug-likeness (QED) is 0.315. The number of hydrogen-bond acceptors (Lipinski definition) is 5. The predicted octanol–water partition coefficient (Wildman–Crippen LogP) is 5.77. The topological polar surface area (TPSA) is 75.4 Å². The molecule has 2 aromatic carbocycles. The lowest BCUT2D eigenvalue weighted by Gasteiger charge is -2.24. The molecule has 1 atom stereocenters. The lowest BCUT2D eigenvalue weighted by Crippen LogP contribution is -2.34. The summed E-state index contributed by atoms with van der Waals surface area (Å²) in [6, 6.07) is 18.2. The van der Waals surface area contributed by atoms with E-state index in [-0.39, 0.29) is 11.8 Å². The van der Waals surface area contributed by atoms with Gasteiger partial charge in [0.2, 0.25) is 5.96 Å². The maximum Gasteiger partial charge on any atom is 0.280 e. The lowest BCUT2D eigenvalue weighted by molar-refractivity contribution is 0.100. The van der Waals surface area contributed by atoms with E-state index in [1.807, 2.05) is 37.0 Å². The molecular formula is C27H23BrN6O. The number of pyridine rings is 1. The fourth-order valence-corrected chi connectivity index (χ4v) is 5.19. The summed E-state index contributed by atoms with van der Waals surface area (Å²) in [6.07, 6.45) is 1.81. The Bertz CT molecular complexity index is 1540. The smallest absolute Gasteiger partial charge is 0.280 e. The number of hydrogen-bond donors (Lipinski definition) is 1. The zero-order valence-electron chi connectivity index (χ0n) is 19.6. The molecule has 1 N–H and O–H groups in total. The number of nitrogens with one attached hydrogen (secondary N) is 1. The van der Waals surface area contributed by atoms with Crippen LogP contribution < -0.4 is 10.2 Å². The summed E-state index contributed by atoms with van der Waals surface area (Å²) < 4.78 is 2.84. The fraction of sp³-hybridized carbons (Fsp3) is 0.185. The number of nitrogens with zero attached hydrogens (tertiary/aromatic N) is 5. The van der Waals surface area contributed by atoms with E-state index < -0.39 is 0 Å². The summed E-state index contributed by atoms with van der Waals surface area (Å²) in [5.74, 6) is 0.380. The molecule has 2 aromatic heterocycles. The monoisotopic (exact) mass is 526 g/mol. The number of fused-ring (bicyclic) bond motifs is 10. The Morgan fingerprint density at radius 1 is 1.09 bits per heavy atom. The molecule has 0 fully saturated rings. The number of halogens is 1. The number of carbonyl (C=O) groups is 1. The second-order valence-electron chi connectivity index (χ2n) is 9.08. The van der Waals surface area contributed by atoms with Crippen molar-refractivity contribution in [3.05, 3.63) is 82.1 Å². The maximum atomic E-state index is 13.4. The number of anilines is 2. The van der Waals surface area contributed by atoms with E-state index in [9.17, 15) is 4.79 Å². The average molecular weight is 527 g/mol. The number of aryl methyl sites for hydroxylation is 2. The standard InChI is InChI=1S/C27H23BrN6O/c1-15-14-34-24-12-20(28)7-8-22(24)31-27(34)32-26(35)19-9-16(2)30-23(11-19)21-13-29-33(3)25(21)18-6-4-5-17(15)10-18/h4-13,15H,14H2,1-3H3,(H,31,32,35). The minimum atomic E-state index is -0.315. The van der Waals surface area contributed by atoms with E-state index in [2.05, 4.69) is 73.5 Å². The Morgan fingerprint density at radius 2 is 1.94 bits per heavy atom. The Morgan fingerprint density at radius 3 is 2.80 bits per heavy atom. The molecule has 0 saturated heterocycles. The van der Waals surface area contributed by atoms with Gasteiger partial charge in [-0.1, -0.05) is 41.1 Å². The summed E-state index contributed by atoms with van der Waals surface area (Å²) in [6.45, 7) is 4.74. The third-order valence-corrected chi connectivity index (χ3v) is 7.05. The number of aromatic nitrogens is 3. The molecule has 8 heteroatoms. The van der Waals surface area contributed by atoms with Crippen LogP contribution in [-0.4, -0.2) is 33.2 Å². The first-order valence-electron chi connectivity index (χ1n) is 11.5. The first-order chi connectivity index (χ1) is 16.9. The molecule has 174 valence electrons. The van der Waals surface area contributed by atoms with Gasteiger partial charge in [0.1, 0.15) is 0 Å². The summed E-state index contributed by atoms with van der Waals surface area (Å²) in [5.41, 5.74) is 7.97. The van der Waals surface area contributed by atoms with E-state index in [1.165, 1.54) is 5.56 Å². The molecule has 0 radical (unpaired) electrons. The lowest BCUT2D eigenvalue weighted by atomic mass is 9.95. The van der Waals surface area contributed by atoms with Crippen LogP contribution in [0.25, 0.3) is 22.5 Å². The van der Waals surface area contributed by atoms with Crippen LogP contribution in [-0.2, 0) is 7.05 Å². The van der Waals surface area contributed by atoms with Gasteiger partial charge in [-0.25, -0.2) is 0 Å². The highest BCUT2D eigenvalue weighted by molar-refractivity contribution is 9.10. The van der Waals surface area contributed by atoms with Crippen LogP contribution in [0.3, 0.4) is 0 Å². The molecule has 35 heavy (non-hydrogen) atoms. The predicted molar refractivity (Wildman–Crippen MR) is 142 cm³/mol. The summed E-state index contributed by atoms with van der Waals surface area (Å²) >= 11 is 3.59. The highest BCUT2D eigenvalue weighted by atomic mass is 79.9. The van der Waals surface area contributed by atoms with Crippen molar-refractivity contribution in [2.45, 2.75) is 19.8 Å². The highest BCUT2D eigenvalue weighted by Gasteiger charge is 2.29. The van der Waals surface area contributed by atoms with E-state index in [0.717, 1.165) is 38.4 Å². The van der Waals surface area contributed by atoms with Gasteiger partial charge >= 0.3 is 0 Å². The average Bonchev–Trinajstić information content (AvgIpc) is 3.38. The Kier molecular flexibility index (Phi) is 5.07. The van der Waals surface area contributed by atoms with E-state index >= 15 is 0 Å². The third kappa shape index (κ3) is 3.74. The number of aliphatic imine (C=N–C) groups is 1. The fourth-order valence-electron chi connectivity index (χ4n) is 4.84. The molecule has 2 aliphatic rings. The molecule has 4 aromatic rings. The van der Waals surface area contributed by atoms with Crippen molar-refractivity contribution in [2.75, 3.05) is 16.8 Å². The molecule has 7 nitrogen and oxygen atoms in total. The van der Waals surface area contributed by atoms with Gasteiger partial charge in [0.15, 0.2) is 0 Å². The molecule has 1 amide bonds. The van der Waals surface area contributed by atoms with Gasteiger partial charge in [0.05, 0.1) is 29.0 Å². The van der Waals surface area contributed by atoms with Crippen LogP contribution in [0.15, 0.2) is 70.3 Å². The molecule has 1 unspecified atom stereocenters. The molecule has 0 saturated carbocycles. The van der Waals surface area contributed by atoms with E-state index in [4.69, 9.17) is 4.98 Å². The minimum absolute atomic E-state index is 0.166. The number of guanidine groups is 1. The second-order valence-corrected chi connectivity index (χ2v) is 9.99. The number of carbonyl (C=O) groups excluding carboxylic acids is 1. The van der Waals surface area contributed by atoms with Crippen molar-refractivity contribution >= 4 is 39.2 Å². The minimum Gasteiger partial charge on any atom is -0.324 e. The van der Waals surface area contributed by atoms with Crippen LogP contribution in [0.1, 0.15) is 34.5 Å². The SMILES string of the molecule is Cc1cc2cc(n1)-c1cnn(C)c1-c1cccc(c1)C(C)CN1/C(=N/C2=O)Nc2ccc(Br)cc21. The summed E-state index contributed by atoms with van der Waals surface area (Å²) in [5, 5.41) is 7.87. The molecule has 6 rings (SSSR count). The Hall–Kier alpha value is -3.78. The van der Waals surface area contributed by atoms with Crippen molar-refractivity contribution in [3.8, 4) is 22.5 Å². The first-order valence-corrected chi connectivity index (χ1v) is 12.3. The molecular weight excluding hydrogens is 504 g/mol. The maximum absolute atomic E-state index is 13.4. The molecule has 0 spiro atoms. The van der Waals surface area contributed by atoms with E-state index in [1.54, 1.807) is 12.1 Å².